The van der Waals surface area contributed by atoms with E-state index >= 15 is 0 Å². The predicted octanol–water partition coefficient (Wildman–Crippen LogP) is 4.43. The van der Waals surface area contributed by atoms with Crippen LogP contribution in [0.1, 0.15) is 78.1 Å². The number of carbonyl (C=O) groups is 1. The van der Waals surface area contributed by atoms with Gasteiger partial charge in [-0.05, 0) is 38.8 Å². The van der Waals surface area contributed by atoms with E-state index in [2.05, 4.69) is 23.6 Å². The van der Waals surface area contributed by atoms with Crippen molar-refractivity contribution in [3.05, 3.63) is 0 Å². The molecule has 0 aliphatic heterocycles. The predicted molar refractivity (Wildman–Crippen MR) is 94.7 cm³/mol. The summed E-state index contributed by atoms with van der Waals surface area (Å²) >= 11 is 0. The summed E-state index contributed by atoms with van der Waals surface area (Å²) in [6.45, 7) is 7.72. The Hall–Kier alpha value is -0.770. The Morgan fingerprint density at radius 3 is 1.78 bits per heavy atom. The molecule has 0 heterocycles. The number of amides is 1. The van der Waals surface area contributed by atoms with Gasteiger partial charge in [0.25, 0.3) is 0 Å². The van der Waals surface area contributed by atoms with Crippen molar-refractivity contribution in [1.82, 2.24) is 9.80 Å². The Kier molecular flexibility index (Phi) is 8.21. The molecule has 2 rings (SSSR count). The fourth-order valence-electron chi connectivity index (χ4n) is 4.19. The zero-order chi connectivity index (χ0) is 16.5. The quantitative estimate of drug-likeness (QED) is 0.694. The molecule has 0 atom stereocenters. The van der Waals surface area contributed by atoms with Gasteiger partial charge in [-0.15, -0.1) is 0 Å². The Balaban J connectivity index is 1.90. The first kappa shape index (κ1) is 18.6. The first-order valence-electron chi connectivity index (χ1n) is 9.93. The van der Waals surface area contributed by atoms with E-state index in [1.165, 1.54) is 64.2 Å². The summed E-state index contributed by atoms with van der Waals surface area (Å²) < 4.78 is 5.69. The molecule has 0 radical (unpaired) electrons. The third kappa shape index (κ3) is 5.66. The second kappa shape index (κ2) is 10.2. The number of rotatable bonds is 7. The van der Waals surface area contributed by atoms with Gasteiger partial charge in [0, 0.05) is 18.6 Å². The highest BCUT2D eigenvalue weighted by Gasteiger charge is 2.33. The van der Waals surface area contributed by atoms with E-state index in [1.54, 1.807) is 0 Å². The summed E-state index contributed by atoms with van der Waals surface area (Å²) in [5, 5.41) is 0. The van der Waals surface area contributed by atoms with E-state index in [-0.39, 0.29) is 6.09 Å². The van der Waals surface area contributed by atoms with Crippen LogP contribution in [0.25, 0.3) is 0 Å². The van der Waals surface area contributed by atoms with Crippen molar-refractivity contribution in [3.8, 4) is 0 Å². The minimum atomic E-state index is -0.0454. The van der Waals surface area contributed by atoms with Crippen LogP contribution in [0, 0.1) is 0 Å². The monoisotopic (exact) mass is 324 g/mol. The molecule has 1 amide bonds. The van der Waals surface area contributed by atoms with Crippen LogP contribution in [0.5, 0.6) is 0 Å². The number of ether oxygens (including phenoxy) is 1. The molecule has 2 aliphatic carbocycles. The highest BCUT2D eigenvalue weighted by molar-refractivity contribution is 5.68. The van der Waals surface area contributed by atoms with Crippen LogP contribution in [-0.4, -0.2) is 54.2 Å². The molecule has 0 aromatic heterocycles. The molecular formula is C19H36N2O2. The summed E-state index contributed by atoms with van der Waals surface area (Å²) in [7, 11) is 0. The van der Waals surface area contributed by atoms with E-state index in [1.807, 2.05) is 0 Å². The zero-order valence-electron chi connectivity index (χ0n) is 15.3. The van der Waals surface area contributed by atoms with Crippen LogP contribution >= 0.6 is 0 Å². The maximum absolute atomic E-state index is 12.8. The number of nitrogens with zero attached hydrogens (tertiary/aromatic N) is 2. The molecular weight excluding hydrogens is 288 g/mol. The zero-order valence-corrected chi connectivity index (χ0v) is 15.3. The standard InChI is InChI=1S/C19H36N2O2/c1-3-20(4-2)15-16-23-19(22)21(17-11-7-5-8-12-17)18-13-9-6-10-14-18/h17-18H,3-16H2,1-2H3. The molecule has 0 bridgehead atoms. The average molecular weight is 325 g/mol. The highest BCUT2D eigenvalue weighted by Crippen LogP contribution is 2.30. The molecule has 0 aromatic rings. The van der Waals surface area contributed by atoms with Gasteiger partial charge in [0.2, 0.25) is 0 Å². The van der Waals surface area contributed by atoms with Crippen molar-refractivity contribution in [2.24, 2.45) is 0 Å². The molecule has 2 fully saturated rings. The minimum Gasteiger partial charge on any atom is -0.448 e. The van der Waals surface area contributed by atoms with Gasteiger partial charge < -0.3 is 14.5 Å². The maximum Gasteiger partial charge on any atom is 0.410 e. The van der Waals surface area contributed by atoms with Gasteiger partial charge in [0.1, 0.15) is 6.61 Å². The van der Waals surface area contributed by atoms with Gasteiger partial charge in [0.05, 0.1) is 0 Å². The van der Waals surface area contributed by atoms with Crippen molar-refractivity contribution in [1.29, 1.82) is 0 Å². The number of hydrogen-bond acceptors (Lipinski definition) is 3. The smallest absolute Gasteiger partial charge is 0.410 e. The SMILES string of the molecule is CCN(CC)CCOC(=O)N(C1CCCCC1)C1CCCCC1. The van der Waals surface area contributed by atoms with E-state index in [4.69, 9.17) is 4.74 Å². The summed E-state index contributed by atoms with van der Waals surface area (Å²) in [5.74, 6) is 0. The Bertz CT molecular complexity index is 314. The second-order valence-electron chi connectivity index (χ2n) is 7.13. The van der Waals surface area contributed by atoms with Crippen molar-refractivity contribution in [2.75, 3.05) is 26.2 Å². The van der Waals surface area contributed by atoms with Crippen LogP contribution in [0.2, 0.25) is 0 Å². The summed E-state index contributed by atoms with van der Waals surface area (Å²) in [4.78, 5) is 17.2. The van der Waals surface area contributed by atoms with Crippen molar-refractivity contribution in [3.63, 3.8) is 0 Å². The van der Waals surface area contributed by atoms with Crippen molar-refractivity contribution < 1.29 is 9.53 Å². The number of carbonyl (C=O) groups excluding carboxylic acids is 1. The third-order valence-electron chi connectivity index (χ3n) is 5.67. The van der Waals surface area contributed by atoms with Crippen molar-refractivity contribution in [2.45, 2.75) is 90.1 Å². The molecule has 2 aliphatic rings. The lowest BCUT2D eigenvalue weighted by molar-refractivity contribution is 0.0410. The maximum atomic E-state index is 12.8. The van der Waals surface area contributed by atoms with Crippen LogP contribution in [0.3, 0.4) is 0 Å². The highest BCUT2D eigenvalue weighted by atomic mass is 16.6. The molecule has 4 nitrogen and oxygen atoms in total. The molecule has 0 spiro atoms. The van der Waals surface area contributed by atoms with Gasteiger partial charge >= 0.3 is 6.09 Å². The average Bonchev–Trinajstić information content (AvgIpc) is 2.61. The van der Waals surface area contributed by atoms with E-state index < -0.39 is 0 Å². The second-order valence-corrected chi connectivity index (χ2v) is 7.13. The van der Waals surface area contributed by atoms with Crippen LogP contribution < -0.4 is 0 Å². The largest absolute Gasteiger partial charge is 0.448 e. The third-order valence-corrected chi connectivity index (χ3v) is 5.67. The normalized spacial score (nSPS) is 20.7. The summed E-state index contributed by atoms with van der Waals surface area (Å²) in [5.41, 5.74) is 0. The van der Waals surface area contributed by atoms with Gasteiger partial charge in [-0.3, -0.25) is 0 Å². The first-order chi connectivity index (χ1) is 11.3. The van der Waals surface area contributed by atoms with Crippen LogP contribution in [0.4, 0.5) is 4.79 Å². The topological polar surface area (TPSA) is 32.8 Å². The summed E-state index contributed by atoms with van der Waals surface area (Å²) in [6.07, 6.45) is 12.3. The molecule has 23 heavy (non-hydrogen) atoms. The molecule has 0 saturated heterocycles. The molecule has 0 N–H and O–H groups in total. The lowest BCUT2D eigenvalue weighted by atomic mass is 9.89. The Morgan fingerprint density at radius 1 is 0.870 bits per heavy atom. The van der Waals surface area contributed by atoms with Crippen LogP contribution in [-0.2, 0) is 4.74 Å². The van der Waals surface area contributed by atoms with Gasteiger partial charge in [0.15, 0.2) is 0 Å². The van der Waals surface area contributed by atoms with E-state index in [0.29, 0.717) is 18.7 Å². The fraction of sp³-hybridized carbons (Fsp3) is 0.947. The molecule has 4 heteroatoms. The molecule has 0 unspecified atom stereocenters. The van der Waals surface area contributed by atoms with Gasteiger partial charge in [-0.1, -0.05) is 52.4 Å². The van der Waals surface area contributed by atoms with Crippen molar-refractivity contribution >= 4 is 6.09 Å². The molecule has 0 aromatic carbocycles. The number of hydrogen-bond donors (Lipinski definition) is 0. The van der Waals surface area contributed by atoms with Gasteiger partial charge in [-0.25, -0.2) is 4.79 Å². The Labute approximate surface area is 142 Å². The van der Waals surface area contributed by atoms with Gasteiger partial charge in [-0.2, -0.15) is 0 Å². The fourth-order valence-corrected chi connectivity index (χ4v) is 4.19. The Morgan fingerprint density at radius 2 is 1.35 bits per heavy atom. The lowest BCUT2D eigenvalue weighted by Crippen LogP contribution is -2.49. The molecule has 134 valence electrons. The summed E-state index contributed by atoms with van der Waals surface area (Å²) in [6, 6.07) is 0.848. The van der Waals surface area contributed by atoms with E-state index in [9.17, 15) is 4.79 Å². The van der Waals surface area contributed by atoms with E-state index in [0.717, 1.165) is 19.6 Å². The first-order valence-corrected chi connectivity index (χ1v) is 9.93. The molecule has 2 saturated carbocycles. The lowest BCUT2D eigenvalue weighted by Gasteiger charge is -2.40. The minimum absolute atomic E-state index is 0.0454. The van der Waals surface area contributed by atoms with Crippen LogP contribution in [0.15, 0.2) is 0 Å². The number of likely N-dealkylation sites (N-methyl/N-ethyl adjacent to an activating group) is 1.